The molecule has 32 heavy (non-hydrogen) atoms. The Morgan fingerprint density at radius 3 is 2.91 bits per heavy atom. The topological polar surface area (TPSA) is 173 Å². The molecule has 4 atom stereocenters. The minimum Gasteiger partial charge on any atom is -0.494 e. The molecule has 4 unspecified atom stereocenters. The fourth-order valence-electron chi connectivity index (χ4n) is 3.41. The van der Waals surface area contributed by atoms with E-state index in [1.807, 2.05) is 31.2 Å². The van der Waals surface area contributed by atoms with Gasteiger partial charge in [0.05, 0.1) is 19.4 Å². The number of imidazole rings is 1. The van der Waals surface area contributed by atoms with Gasteiger partial charge in [0.25, 0.3) is 0 Å². The molecule has 1 aromatic carbocycles. The quantitative estimate of drug-likeness (QED) is 0.240. The smallest absolute Gasteiger partial charge is 0.228 e. The van der Waals surface area contributed by atoms with E-state index >= 15 is 0 Å². The number of nitrogens with one attached hydrogen (secondary N) is 1. The van der Waals surface area contributed by atoms with Crippen LogP contribution in [-0.2, 0) is 4.74 Å². The van der Waals surface area contributed by atoms with Crippen LogP contribution < -0.4 is 15.9 Å². The Bertz CT molecular complexity index is 1110. The predicted octanol–water partition coefficient (Wildman–Crippen LogP) is 0.255. The van der Waals surface area contributed by atoms with Crippen LogP contribution in [0.3, 0.4) is 0 Å². The Balaban J connectivity index is 1.64. The Kier molecular flexibility index (Phi) is 6.46. The van der Waals surface area contributed by atoms with Crippen LogP contribution in [0.4, 0.5) is 11.8 Å². The number of aliphatic hydroxyl groups is 3. The predicted molar refractivity (Wildman–Crippen MR) is 116 cm³/mol. The Morgan fingerprint density at radius 1 is 1.31 bits per heavy atom. The molecule has 6 N–H and O–H groups in total. The van der Waals surface area contributed by atoms with Gasteiger partial charge in [0.15, 0.2) is 23.2 Å². The second kappa shape index (κ2) is 9.44. The van der Waals surface area contributed by atoms with Crippen LogP contribution in [0.25, 0.3) is 11.2 Å². The number of hydrogen-bond donors (Lipinski definition) is 5. The highest BCUT2D eigenvalue weighted by Gasteiger charge is 2.45. The summed E-state index contributed by atoms with van der Waals surface area (Å²) in [5.74, 6) is 1.03. The van der Waals surface area contributed by atoms with Crippen LogP contribution in [0.5, 0.6) is 5.75 Å². The number of rotatable bonds is 8. The zero-order chi connectivity index (χ0) is 22.7. The lowest BCUT2D eigenvalue weighted by Crippen LogP contribution is -2.33. The van der Waals surface area contributed by atoms with Crippen LogP contribution in [0.1, 0.15) is 25.1 Å². The molecule has 0 bridgehead atoms. The van der Waals surface area contributed by atoms with Crippen LogP contribution in [0.2, 0.25) is 0 Å². The van der Waals surface area contributed by atoms with Crippen LogP contribution in [-0.4, -0.2) is 72.6 Å². The first-order valence-corrected chi connectivity index (χ1v) is 10.2. The maximum absolute atomic E-state index is 10.5. The number of anilines is 2. The van der Waals surface area contributed by atoms with Crippen molar-refractivity contribution in [1.82, 2.24) is 19.5 Å². The number of benzene rings is 1. The largest absolute Gasteiger partial charge is 0.494 e. The highest BCUT2D eigenvalue weighted by Crippen LogP contribution is 2.35. The molecule has 4 rings (SSSR count). The number of fused-ring (bicyclic) bond motifs is 1. The van der Waals surface area contributed by atoms with Crippen molar-refractivity contribution in [3.05, 3.63) is 36.2 Å². The van der Waals surface area contributed by atoms with Gasteiger partial charge < -0.3 is 30.5 Å². The number of nitrogens with two attached hydrogens (primary N) is 1. The lowest BCUT2D eigenvalue weighted by atomic mass is 10.1. The molecule has 0 saturated carbocycles. The van der Waals surface area contributed by atoms with Crippen molar-refractivity contribution in [2.45, 2.75) is 37.9 Å². The Morgan fingerprint density at radius 2 is 2.16 bits per heavy atom. The summed E-state index contributed by atoms with van der Waals surface area (Å²) in [5.41, 5.74) is 10.1. The number of nitrogen functional groups attached to an aromatic ring is 1. The van der Waals surface area contributed by atoms with Crippen LogP contribution in [0, 0.1) is 0 Å². The Labute approximate surface area is 183 Å². The second-order valence-electron chi connectivity index (χ2n) is 7.26. The third-order valence-electron chi connectivity index (χ3n) is 4.99. The summed E-state index contributed by atoms with van der Waals surface area (Å²) in [6.07, 6.45) is -0.926. The molecule has 0 spiro atoms. The second-order valence-corrected chi connectivity index (χ2v) is 7.26. The van der Waals surface area contributed by atoms with Gasteiger partial charge in [-0.05, 0) is 24.1 Å². The van der Waals surface area contributed by atoms with Gasteiger partial charge in [0.2, 0.25) is 5.95 Å². The Hall–Kier alpha value is -3.32. The van der Waals surface area contributed by atoms with Gasteiger partial charge in [-0.15, -0.1) is 0 Å². The zero-order valence-corrected chi connectivity index (χ0v) is 17.4. The first-order chi connectivity index (χ1) is 15.5. The van der Waals surface area contributed by atoms with Gasteiger partial charge in [-0.25, -0.2) is 20.4 Å². The molecule has 1 saturated heterocycles. The molecule has 1 aliphatic heterocycles. The fraction of sp³-hybridized carbons (Fsp3) is 0.400. The van der Waals surface area contributed by atoms with E-state index in [4.69, 9.17) is 15.2 Å². The molecule has 0 radical (unpaired) electrons. The van der Waals surface area contributed by atoms with Crippen LogP contribution >= 0.6 is 0 Å². The summed E-state index contributed by atoms with van der Waals surface area (Å²) in [4.78, 5) is 12.5. The summed E-state index contributed by atoms with van der Waals surface area (Å²) < 4.78 is 12.7. The van der Waals surface area contributed by atoms with Gasteiger partial charge in [-0.1, -0.05) is 19.1 Å². The van der Waals surface area contributed by atoms with Gasteiger partial charge in [-0.2, -0.15) is 5.10 Å². The van der Waals surface area contributed by atoms with E-state index < -0.39 is 31.1 Å². The summed E-state index contributed by atoms with van der Waals surface area (Å²) in [7, 11) is 0. The van der Waals surface area contributed by atoms with Crippen molar-refractivity contribution in [2.75, 3.05) is 24.4 Å². The lowest BCUT2D eigenvalue weighted by molar-refractivity contribution is -0.0501. The molecule has 12 nitrogen and oxygen atoms in total. The highest BCUT2D eigenvalue weighted by atomic mass is 16.6. The summed E-state index contributed by atoms with van der Waals surface area (Å²) in [6, 6.07) is 7.43. The minimum atomic E-state index is -1.34. The molecule has 0 aliphatic carbocycles. The molecule has 3 aromatic rings. The van der Waals surface area contributed by atoms with Gasteiger partial charge in [0, 0.05) is 0 Å². The van der Waals surface area contributed by atoms with Crippen molar-refractivity contribution in [3.8, 4) is 5.75 Å². The minimum absolute atomic E-state index is 0.133. The lowest BCUT2D eigenvalue weighted by Gasteiger charge is -2.18. The maximum atomic E-state index is 10.5. The number of aliphatic hydroxyl groups excluding tert-OH is 3. The van der Waals surface area contributed by atoms with Crippen molar-refractivity contribution in [2.24, 2.45) is 5.10 Å². The van der Waals surface area contributed by atoms with Gasteiger partial charge in [0.1, 0.15) is 30.4 Å². The summed E-state index contributed by atoms with van der Waals surface area (Å²) in [6.45, 7) is 2.19. The number of ether oxygens (including phenoxy) is 2. The average molecular weight is 443 g/mol. The van der Waals surface area contributed by atoms with E-state index in [1.165, 1.54) is 10.9 Å². The zero-order valence-electron chi connectivity index (χ0n) is 17.4. The van der Waals surface area contributed by atoms with Gasteiger partial charge in [-0.3, -0.25) is 4.57 Å². The molecule has 2 aromatic heterocycles. The van der Waals surface area contributed by atoms with E-state index in [-0.39, 0.29) is 22.9 Å². The normalized spacial score (nSPS) is 23.2. The SMILES string of the molecule is CCCOc1cccc(C=NNc2nc3c(N)ncnc3n2C2OC(CO)C(O)C2O)c1. The first kappa shape index (κ1) is 21.9. The molecule has 170 valence electrons. The van der Waals surface area contributed by atoms with Crippen molar-refractivity contribution in [1.29, 1.82) is 0 Å². The van der Waals surface area contributed by atoms with Crippen LogP contribution in [0.15, 0.2) is 35.7 Å². The van der Waals surface area contributed by atoms with Crippen molar-refractivity contribution < 1.29 is 24.8 Å². The van der Waals surface area contributed by atoms with E-state index in [0.717, 1.165) is 17.7 Å². The van der Waals surface area contributed by atoms with Crippen molar-refractivity contribution in [3.63, 3.8) is 0 Å². The van der Waals surface area contributed by atoms with E-state index in [0.29, 0.717) is 6.61 Å². The molecular weight excluding hydrogens is 418 g/mol. The molecule has 1 aliphatic rings. The maximum Gasteiger partial charge on any atom is 0.228 e. The average Bonchev–Trinajstić information content (AvgIpc) is 3.30. The number of hydrogen-bond acceptors (Lipinski definition) is 11. The molecule has 3 heterocycles. The van der Waals surface area contributed by atoms with Gasteiger partial charge >= 0.3 is 0 Å². The fourth-order valence-corrected chi connectivity index (χ4v) is 3.41. The monoisotopic (exact) mass is 443 g/mol. The van der Waals surface area contributed by atoms with E-state index in [2.05, 4.69) is 25.5 Å². The molecule has 12 heteroatoms. The summed E-state index contributed by atoms with van der Waals surface area (Å²) >= 11 is 0. The number of hydrazone groups is 1. The first-order valence-electron chi connectivity index (χ1n) is 10.2. The van der Waals surface area contributed by atoms with E-state index in [9.17, 15) is 15.3 Å². The number of nitrogens with zero attached hydrogens (tertiary/aromatic N) is 5. The third-order valence-corrected chi connectivity index (χ3v) is 4.99. The number of aromatic nitrogens is 4. The molecular formula is C20H25N7O5. The third kappa shape index (κ3) is 4.21. The molecule has 1 fully saturated rings. The van der Waals surface area contributed by atoms with E-state index in [1.54, 1.807) is 6.21 Å². The molecule has 0 amide bonds. The summed E-state index contributed by atoms with van der Waals surface area (Å²) in [5, 5.41) is 34.3. The van der Waals surface area contributed by atoms with Crippen molar-refractivity contribution >= 4 is 29.1 Å². The standard InChI is InChI=1S/C20H25N7O5/c1-2-6-31-12-5-3-4-11(7-12)8-24-26-20-25-14-17(21)22-10-23-18(14)27(20)19-16(30)15(29)13(9-28)32-19/h3-5,7-8,10,13,15-16,19,28-30H,2,6,9H2,1H3,(H,25,26)(H2,21,22,23). The highest BCUT2D eigenvalue weighted by molar-refractivity contribution is 5.84.